The summed E-state index contributed by atoms with van der Waals surface area (Å²) in [7, 11) is 0. The summed E-state index contributed by atoms with van der Waals surface area (Å²) in [5.41, 5.74) is 0.734. The second kappa shape index (κ2) is 9.00. The predicted octanol–water partition coefficient (Wildman–Crippen LogP) is 3.22. The lowest BCUT2D eigenvalue weighted by Crippen LogP contribution is -2.32. The fourth-order valence-electron chi connectivity index (χ4n) is 2.03. The largest absolute Gasteiger partial charge is 0.347 e. The highest BCUT2D eigenvalue weighted by atomic mass is 32.1. The molecule has 2 aromatic rings. The lowest BCUT2D eigenvalue weighted by molar-refractivity contribution is -0.124. The van der Waals surface area contributed by atoms with Gasteiger partial charge in [-0.05, 0) is 42.8 Å². The van der Waals surface area contributed by atoms with Gasteiger partial charge in [0.1, 0.15) is 0 Å². The number of hydrogen-bond donors (Lipinski definition) is 2. The highest BCUT2D eigenvalue weighted by molar-refractivity contribution is 7.09. The van der Waals surface area contributed by atoms with E-state index in [4.69, 9.17) is 0 Å². The molecule has 2 amide bonds. The van der Waals surface area contributed by atoms with Gasteiger partial charge in [0.15, 0.2) is 0 Å². The summed E-state index contributed by atoms with van der Waals surface area (Å²) < 4.78 is 0. The summed E-state index contributed by atoms with van der Waals surface area (Å²) in [5, 5.41) is 7.44. The molecular formula is C17H20N2O2S. The molecular weight excluding hydrogens is 296 g/mol. The Labute approximate surface area is 134 Å². The average molecular weight is 316 g/mol. The molecule has 0 saturated heterocycles. The van der Waals surface area contributed by atoms with Crippen molar-refractivity contribution < 1.29 is 9.59 Å². The molecule has 22 heavy (non-hydrogen) atoms. The van der Waals surface area contributed by atoms with Crippen molar-refractivity contribution >= 4 is 28.8 Å². The normalized spacial score (nSPS) is 10.2. The number of amides is 2. The Kier molecular flexibility index (Phi) is 6.64. The van der Waals surface area contributed by atoms with Gasteiger partial charge >= 0.3 is 0 Å². The standard InChI is InChI=1S/C17H20N2O2S/c20-16(11-5-4-9-15-10-6-12-22-15)18-13-17(21)19-14-7-2-1-3-8-14/h1-3,6-8,10,12H,4-5,9,11,13H2,(H,18,20)(H,19,21). The molecule has 1 aromatic heterocycles. The molecule has 1 heterocycles. The SMILES string of the molecule is O=C(CCCCc1cccs1)NCC(=O)Nc1ccccc1. The lowest BCUT2D eigenvalue weighted by atomic mass is 10.1. The summed E-state index contributed by atoms with van der Waals surface area (Å²) in [4.78, 5) is 24.7. The molecule has 0 bridgehead atoms. The van der Waals surface area contributed by atoms with E-state index in [1.807, 2.05) is 36.4 Å². The van der Waals surface area contributed by atoms with Gasteiger partial charge < -0.3 is 10.6 Å². The first-order chi connectivity index (χ1) is 10.7. The number of aryl methyl sites for hydroxylation is 1. The number of anilines is 1. The molecule has 5 heteroatoms. The summed E-state index contributed by atoms with van der Waals surface area (Å²) in [6.07, 6.45) is 3.30. The van der Waals surface area contributed by atoms with E-state index in [1.54, 1.807) is 11.3 Å². The van der Waals surface area contributed by atoms with Crippen LogP contribution in [-0.2, 0) is 16.0 Å². The average Bonchev–Trinajstić information content (AvgIpc) is 3.04. The Balaban J connectivity index is 1.56. The molecule has 0 fully saturated rings. The van der Waals surface area contributed by atoms with Crippen LogP contribution in [-0.4, -0.2) is 18.4 Å². The van der Waals surface area contributed by atoms with E-state index in [2.05, 4.69) is 22.1 Å². The van der Waals surface area contributed by atoms with Crippen molar-refractivity contribution in [2.45, 2.75) is 25.7 Å². The highest BCUT2D eigenvalue weighted by Crippen LogP contribution is 2.12. The monoisotopic (exact) mass is 316 g/mol. The van der Waals surface area contributed by atoms with Crippen molar-refractivity contribution in [3.05, 3.63) is 52.7 Å². The van der Waals surface area contributed by atoms with Gasteiger partial charge in [-0.2, -0.15) is 0 Å². The number of unbranched alkanes of at least 4 members (excludes halogenated alkanes) is 1. The molecule has 2 N–H and O–H groups in total. The minimum Gasteiger partial charge on any atom is -0.347 e. The Morgan fingerprint density at radius 1 is 0.955 bits per heavy atom. The topological polar surface area (TPSA) is 58.2 Å². The van der Waals surface area contributed by atoms with Crippen molar-refractivity contribution in [3.8, 4) is 0 Å². The van der Waals surface area contributed by atoms with Crippen molar-refractivity contribution in [1.29, 1.82) is 0 Å². The summed E-state index contributed by atoms with van der Waals surface area (Å²) in [6.45, 7) is 0.0126. The molecule has 116 valence electrons. The number of carbonyl (C=O) groups is 2. The maximum atomic E-state index is 11.7. The number of para-hydroxylation sites is 1. The molecule has 0 atom stereocenters. The zero-order valence-corrected chi connectivity index (χ0v) is 13.2. The first-order valence-corrected chi connectivity index (χ1v) is 8.26. The van der Waals surface area contributed by atoms with Crippen LogP contribution in [0, 0.1) is 0 Å². The minimum atomic E-state index is -0.210. The van der Waals surface area contributed by atoms with Crippen LogP contribution < -0.4 is 10.6 Å². The van der Waals surface area contributed by atoms with Crippen LogP contribution in [0.1, 0.15) is 24.1 Å². The van der Waals surface area contributed by atoms with Crippen LogP contribution in [0.5, 0.6) is 0 Å². The van der Waals surface area contributed by atoms with Gasteiger partial charge in [0.25, 0.3) is 0 Å². The fourth-order valence-corrected chi connectivity index (χ4v) is 2.78. The summed E-state index contributed by atoms with van der Waals surface area (Å²) >= 11 is 1.74. The number of carbonyl (C=O) groups excluding carboxylic acids is 2. The molecule has 2 rings (SSSR count). The van der Waals surface area contributed by atoms with Crippen LogP contribution in [0.15, 0.2) is 47.8 Å². The van der Waals surface area contributed by atoms with Gasteiger partial charge in [0.05, 0.1) is 6.54 Å². The Morgan fingerprint density at radius 3 is 2.50 bits per heavy atom. The van der Waals surface area contributed by atoms with Gasteiger partial charge in [-0.1, -0.05) is 24.3 Å². The number of benzene rings is 1. The third-order valence-corrected chi connectivity index (χ3v) is 4.10. The van der Waals surface area contributed by atoms with Gasteiger partial charge in [-0.3, -0.25) is 9.59 Å². The number of nitrogens with one attached hydrogen (secondary N) is 2. The van der Waals surface area contributed by atoms with Crippen molar-refractivity contribution in [3.63, 3.8) is 0 Å². The lowest BCUT2D eigenvalue weighted by Gasteiger charge is -2.06. The van der Waals surface area contributed by atoms with E-state index in [-0.39, 0.29) is 18.4 Å². The Bertz CT molecular complexity index is 582. The van der Waals surface area contributed by atoms with Crippen LogP contribution in [0.3, 0.4) is 0 Å². The molecule has 0 aliphatic rings. The number of hydrogen-bond acceptors (Lipinski definition) is 3. The fraction of sp³-hybridized carbons (Fsp3) is 0.294. The van der Waals surface area contributed by atoms with E-state index in [0.717, 1.165) is 24.9 Å². The van der Waals surface area contributed by atoms with Gasteiger partial charge in [0.2, 0.25) is 11.8 Å². The van der Waals surface area contributed by atoms with E-state index in [9.17, 15) is 9.59 Å². The Morgan fingerprint density at radius 2 is 1.77 bits per heavy atom. The van der Waals surface area contributed by atoms with Crippen molar-refractivity contribution in [2.75, 3.05) is 11.9 Å². The third-order valence-electron chi connectivity index (χ3n) is 3.16. The highest BCUT2D eigenvalue weighted by Gasteiger charge is 2.06. The van der Waals surface area contributed by atoms with Gasteiger partial charge in [-0.15, -0.1) is 11.3 Å². The number of thiophene rings is 1. The molecule has 0 spiro atoms. The molecule has 0 aliphatic carbocycles. The number of rotatable bonds is 8. The van der Waals surface area contributed by atoms with E-state index in [0.29, 0.717) is 6.42 Å². The van der Waals surface area contributed by atoms with Crippen LogP contribution in [0.2, 0.25) is 0 Å². The van der Waals surface area contributed by atoms with E-state index < -0.39 is 0 Å². The van der Waals surface area contributed by atoms with Gasteiger partial charge in [0, 0.05) is 17.0 Å². The van der Waals surface area contributed by atoms with Crippen molar-refractivity contribution in [2.24, 2.45) is 0 Å². The molecule has 4 nitrogen and oxygen atoms in total. The molecule has 0 radical (unpaired) electrons. The minimum absolute atomic E-state index is 0.0126. The summed E-state index contributed by atoms with van der Waals surface area (Å²) in [6, 6.07) is 13.3. The van der Waals surface area contributed by atoms with E-state index in [1.165, 1.54) is 4.88 Å². The molecule has 0 saturated carbocycles. The smallest absolute Gasteiger partial charge is 0.243 e. The second-order valence-electron chi connectivity index (χ2n) is 4.98. The zero-order valence-electron chi connectivity index (χ0n) is 12.4. The predicted molar refractivity (Wildman–Crippen MR) is 90.0 cm³/mol. The van der Waals surface area contributed by atoms with E-state index >= 15 is 0 Å². The zero-order chi connectivity index (χ0) is 15.6. The first-order valence-electron chi connectivity index (χ1n) is 7.38. The summed E-state index contributed by atoms with van der Waals surface area (Å²) in [5.74, 6) is -0.285. The van der Waals surface area contributed by atoms with Gasteiger partial charge in [-0.25, -0.2) is 0 Å². The van der Waals surface area contributed by atoms with Crippen molar-refractivity contribution in [1.82, 2.24) is 5.32 Å². The Hall–Kier alpha value is -2.14. The second-order valence-corrected chi connectivity index (χ2v) is 6.01. The molecule has 0 aliphatic heterocycles. The van der Waals surface area contributed by atoms with Crippen LogP contribution >= 0.6 is 11.3 Å². The maximum Gasteiger partial charge on any atom is 0.243 e. The quantitative estimate of drug-likeness (QED) is 0.735. The molecule has 1 aromatic carbocycles. The first kappa shape index (κ1) is 16.2. The van der Waals surface area contributed by atoms with Crippen LogP contribution in [0.4, 0.5) is 5.69 Å². The molecule has 0 unspecified atom stereocenters. The maximum absolute atomic E-state index is 11.7. The van der Waals surface area contributed by atoms with Crippen LogP contribution in [0.25, 0.3) is 0 Å². The third kappa shape index (κ3) is 6.10.